The van der Waals surface area contributed by atoms with Gasteiger partial charge in [-0.05, 0) is 152 Å². The average molecular weight is 724 g/mol. The molecule has 0 fully saturated rings. The third-order valence-corrected chi connectivity index (χ3v) is 12.5. The summed E-state index contributed by atoms with van der Waals surface area (Å²) in [6, 6.07) is 27.1. The van der Waals surface area contributed by atoms with Gasteiger partial charge >= 0.3 is 0 Å². The van der Waals surface area contributed by atoms with Gasteiger partial charge in [-0.15, -0.1) is 0 Å². The molecule has 0 saturated heterocycles. The van der Waals surface area contributed by atoms with Crippen LogP contribution in [-0.4, -0.2) is 57.6 Å². The minimum absolute atomic E-state index is 0.103. The number of halogens is 1. The molecule has 0 aromatic heterocycles. The number of anilines is 1. The van der Waals surface area contributed by atoms with Crippen LogP contribution in [-0.2, 0) is 10.8 Å². The first-order chi connectivity index (χ1) is 25.4. The van der Waals surface area contributed by atoms with E-state index in [1.807, 2.05) is 0 Å². The molecule has 0 bridgehead atoms. The lowest BCUT2D eigenvalue weighted by Crippen LogP contribution is -2.28. The summed E-state index contributed by atoms with van der Waals surface area (Å²) in [5.41, 5.74) is 12.2. The number of benzene rings is 4. The highest BCUT2D eigenvalue weighted by Gasteiger charge is 2.41. The van der Waals surface area contributed by atoms with Crippen LogP contribution in [0, 0.1) is 0 Å². The van der Waals surface area contributed by atoms with Gasteiger partial charge in [0.15, 0.2) is 0 Å². The Hall–Kier alpha value is -3.89. The molecular formula is C49H58ClN3. The average Bonchev–Trinajstić information content (AvgIpc) is 3.48. The first-order valence-electron chi connectivity index (χ1n) is 19.7. The van der Waals surface area contributed by atoms with E-state index in [0.29, 0.717) is 0 Å². The van der Waals surface area contributed by atoms with Crippen molar-refractivity contribution in [1.82, 2.24) is 9.80 Å². The van der Waals surface area contributed by atoms with Gasteiger partial charge in [0.05, 0.1) is 0 Å². The molecule has 2 aliphatic carbocycles. The van der Waals surface area contributed by atoms with Gasteiger partial charge in [0.2, 0.25) is 0 Å². The third-order valence-electron chi connectivity index (χ3n) is 12.0. The Balaban J connectivity index is 1.25. The van der Waals surface area contributed by atoms with E-state index in [9.17, 15) is 0 Å². The van der Waals surface area contributed by atoms with Crippen LogP contribution in [0.5, 0.6) is 0 Å². The van der Waals surface area contributed by atoms with Crippen molar-refractivity contribution in [2.24, 2.45) is 0 Å². The molecule has 4 aromatic carbocycles. The minimum atomic E-state index is -0.137. The first kappa shape index (κ1) is 37.4. The highest BCUT2D eigenvalue weighted by atomic mass is 35.5. The number of hydrogen-bond donors (Lipinski definition) is 0. The summed E-state index contributed by atoms with van der Waals surface area (Å²) in [5, 5.41) is 6.27. The SMILES string of the molecule is CN(C)CCCC1=C(/C=C/C2=C(Cl)C(=C/C=C3/N(CCCN(C)C)c4ccc5ccccc5c4C3(C)C)CCC2)C(C)(C)c2c1ccc1ccccc21. The van der Waals surface area contributed by atoms with Gasteiger partial charge in [-0.1, -0.05) is 124 Å². The monoisotopic (exact) mass is 723 g/mol. The van der Waals surface area contributed by atoms with Crippen molar-refractivity contribution in [3.63, 3.8) is 0 Å². The Bertz CT molecular complexity index is 2190. The summed E-state index contributed by atoms with van der Waals surface area (Å²) >= 11 is 7.40. The van der Waals surface area contributed by atoms with Crippen molar-refractivity contribution < 1.29 is 0 Å². The van der Waals surface area contributed by atoms with Crippen molar-refractivity contribution in [3.05, 3.63) is 141 Å². The van der Waals surface area contributed by atoms with E-state index >= 15 is 0 Å². The van der Waals surface area contributed by atoms with E-state index in [-0.39, 0.29) is 10.8 Å². The van der Waals surface area contributed by atoms with Gasteiger partial charge < -0.3 is 14.7 Å². The fourth-order valence-electron chi connectivity index (χ4n) is 9.40. The molecule has 3 aliphatic rings. The molecule has 4 aromatic rings. The number of allylic oxidation sites excluding steroid dienone is 10. The molecule has 0 N–H and O–H groups in total. The largest absolute Gasteiger partial charge is 0.344 e. The van der Waals surface area contributed by atoms with Crippen LogP contribution in [0.1, 0.15) is 82.9 Å². The number of fused-ring (bicyclic) bond motifs is 6. The molecule has 4 heteroatoms. The number of rotatable bonds is 11. The fraction of sp³-hybridized carbons (Fsp3) is 0.388. The van der Waals surface area contributed by atoms with E-state index in [1.165, 1.54) is 71.9 Å². The minimum Gasteiger partial charge on any atom is -0.344 e. The first-order valence-corrected chi connectivity index (χ1v) is 20.1. The van der Waals surface area contributed by atoms with Crippen LogP contribution >= 0.6 is 11.6 Å². The Kier molecular flexibility index (Phi) is 10.7. The topological polar surface area (TPSA) is 9.72 Å². The molecule has 1 heterocycles. The zero-order valence-corrected chi connectivity index (χ0v) is 34.1. The second kappa shape index (κ2) is 15.1. The van der Waals surface area contributed by atoms with E-state index in [2.05, 4.69) is 168 Å². The van der Waals surface area contributed by atoms with Gasteiger partial charge in [0.25, 0.3) is 0 Å². The maximum atomic E-state index is 7.40. The van der Waals surface area contributed by atoms with Crippen LogP contribution < -0.4 is 4.90 Å². The number of nitrogens with zero attached hydrogens (tertiary/aromatic N) is 3. The molecule has 0 amide bonds. The van der Waals surface area contributed by atoms with Gasteiger partial charge in [-0.3, -0.25) is 0 Å². The molecule has 0 spiro atoms. The van der Waals surface area contributed by atoms with Crippen LogP contribution in [0.4, 0.5) is 5.69 Å². The fourth-order valence-corrected chi connectivity index (χ4v) is 9.71. The highest BCUT2D eigenvalue weighted by Crippen LogP contribution is 2.52. The second-order valence-electron chi connectivity index (χ2n) is 17.0. The molecule has 0 atom stereocenters. The van der Waals surface area contributed by atoms with Crippen LogP contribution in [0.3, 0.4) is 0 Å². The molecule has 0 unspecified atom stereocenters. The molecule has 3 nitrogen and oxygen atoms in total. The van der Waals surface area contributed by atoms with Crippen LogP contribution in [0.2, 0.25) is 0 Å². The predicted molar refractivity (Wildman–Crippen MR) is 231 cm³/mol. The summed E-state index contributed by atoms with van der Waals surface area (Å²) in [7, 11) is 8.67. The zero-order chi connectivity index (χ0) is 37.5. The predicted octanol–water partition coefficient (Wildman–Crippen LogP) is 12.2. The van der Waals surface area contributed by atoms with Crippen molar-refractivity contribution in [3.8, 4) is 0 Å². The van der Waals surface area contributed by atoms with E-state index < -0.39 is 0 Å². The van der Waals surface area contributed by atoms with Gasteiger partial charge in [-0.25, -0.2) is 0 Å². The van der Waals surface area contributed by atoms with Gasteiger partial charge in [-0.2, -0.15) is 0 Å². The third kappa shape index (κ3) is 7.09. The van der Waals surface area contributed by atoms with Crippen molar-refractivity contribution in [2.75, 3.05) is 52.7 Å². The molecule has 1 aliphatic heterocycles. The Morgan fingerprint density at radius 2 is 1.34 bits per heavy atom. The lowest BCUT2D eigenvalue weighted by molar-refractivity contribution is 0.401. The maximum absolute atomic E-state index is 7.40. The molecular weight excluding hydrogens is 666 g/mol. The Labute approximate surface area is 324 Å². The number of hydrogen-bond acceptors (Lipinski definition) is 3. The molecule has 53 heavy (non-hydrogen) atoms. The van der Waals surface area contributed by atoms with Crippen LogP contribution in [0.15, 0.2) is 125 Å². The van der Waals surface area contributed by atoms with E-state index in [4.69, 9.17) is 11.6 Å². The quantitative estimate of drug-likeness (QED) is 0.153. The normalized spacial score (nSPS) is 19.7. The van der Waals surface area contributed by atoms with Crippen molar-refractivity contribution in [1.29, 1.82) is 0 Å². The van der Waals surface area contributed by atoms with Crippen molar-refractivity contribution in [2.45, 2.75) is 77.0 Å². The second-order valence-corrected chi connectivity index (χ2v) is 17.4. The summed E-state index contributed by atoms with van der Waals surface area (Å²) in [5.74, 6) is 0. The Morgan fingerprint density at radius 1 is 0.698 bits per heavy atom. The highest BCUT2D eigenvalue weighted by molar-refractivity contribution is 6.32. The molecule has 0 saturated carbocycles. The molecule has 7 rings (SSSR count). The van der Waals surface area contributed by atoms with Gasteiger partial charge in [0, 0.05) is 33.8 Å². The summed E-state index contributed by atoms with van der Waals surface area (Å²) in [4.78, 5) is 7.16. The smallest absolute Gasteiger partial charge is 0.0469 e. The standard InChI is InChI=1S/C49H58ClN3/c1-48(2)42(40(22-14-31-51(5)6)41-27-23-34-16-9-11-20-38(34)45(41)48)28-24-36-18-13-19-37(47(36)50)26-30-44-49(3,4)46-39-21-12-10-17-35(39)25-29-43(46)53(44)33-15-32-52(7)8/h9-12,16-17,20-21,23-30H,13-15,18-19,22,31-33H2,1-8H3/b28-24+,37-26?,44-30+. The maximum Gasteiger partial charge on any atom is 0.0469 e. The lowest BCUT2D eigenvalue weighted by atomic mass is 9.78. The molecule has 276 valence electrons. The molecule has 0 radical (unpaired) electrons. The zero-order valence-electron chi connectivity index (χ0n) is 33.3. The van der Waals surface area contributed by atoms with E-state index in [1.54, 1.807) is 0 Å². The van der Waals surface area contributed by atoms with Gasteiger partial charge in [0.1, 0.15) is 0 Å². The summed E-state index contributed by atoms with van der Waals surface area (Å²) in [6.45, 7) is 12.8. The van der Waals surface area contributed by atoms with Crippen molar-refractivity contribution >= 4 is 44.4 Å². The summed E-state index contributed by atoms with van der Waals surface area (Å²) < 4.78 is 0. The lowest BCUT2D eigenvalue weighted by Gasteiger charge is -2.28. The van der Waals surface area contributed by atoms with Crippen LogP contribution in [0.25, 0.3) is 27.1 Å². The van der Waals surface area contributed by atoms with E-state index in [0.717, 1.165) is 63.2 Å². The summed E-state index contributed by atoms with van der Waals surface area (Å²) in [6.07, 6.45) is 15.9. The Morgan fingerprint density at radius 3 is 2.04 bits per heavy atom.